The molecule has 1 aromatic rings. The number of furan rings is 1. The lowest BCUT2D eigenvalue weighted by atomic mass is 9.87. The van der Waals surface area contributed by atoms with E-state index in [0.29, 0.717) is 0 Å². The van der Waals surface area contributed by atoms with Crippen LogP contribution in [0.15, 0.2) is 16.7 Å². The van der Waals surface area contributed by atoms with Crippen molar-refractivity contribution in [3.63, 3.8) is 0 Å². The zero-order valence-corrected chi connectivity index (χ0v) is 9.00. The Kier molecular flexibility index (Phi) is 4.37. The van der Waals surface area contributed by atoms with E-state index >= 15 is 0 Å². The summed E-state index contributed by atoms with van der Waals surface area (Å²) in [4.78, 5) is 10.6. The van der Waals surface area contributed by atoms with Crippen molar-refractivity contribution in [1.29, 1.82) is 0 Å². The molecule has 14 heavy (non-hydrogen) atoms. The lowest BCUT2D eigenvalue weighted by Crippen LogP contribution is -2.14. The van der Waals surface area contributed by atoms with Gasteiger partial charge in [0.2, 0.25) is 5.76 Å². The molecule has 0 aliphatic heterocycles. The molecule has 4 heteroatoms. The standard InChI is InChI=1S/C9H12O3.CH5N/c1-9(2,3)6-4-5-12-7(6)8(10)11;1-2/h4-5H,1-3H3,(H,10,11);2H2,1H3. The molecule has 0 radical (unpaired) electrons. The zero-order valence-electron chi connectivity index (χ0n) is 9.00. The number of carboxylic acids is 1. The van der Waals surface area contributed by atoms with E-state index in [1.165, 1.54) is 13.3 Å². The van der Waals surface area contributed by atoms with Gasteiger partial charge in [0.25, 0.3) is 0 Å². The number of hydrogen-bond donors (Lipinski definition) is 2. The number of nitrogens with two attached hydrogens (primary N) is 1. The lowest BCUT2D eigenvalue weighted by Gasteiger charge is -2.16. The Morgan fingerprint density at radius 1 is 1.43 bits per heavy atom. The van der Waals surface area contributed by atoms with Crippen LogP contribution < -0.4 is 5.73 Å². The van der Waals surface area contributed by atoms with Crippen molar-refractivity contribution in [1.82, 2.24) is 0 Å². The molecule has 1 heterocycles. The third-order valence-corrected chi connectivity index (χ3v) is 1.67. The maximum Gasteiger partial charge on any atom is 0.372 e. The third kappa shape index (κ3) is 2.88. The molecule has 0 bridgehead atoms. The third-order valence-electron chi connectivity index (χ3n) is 1.67. The van der Waals surface area contributed by atoms with E-state index in [4.69, 9.17) is 9.52 Å². The molecule has 0 aromatic carbocycles. The molecule has 3 N–H and O–H groups in total. The van der Waals surface area contributed by atoms with E-state index in [2.05, 4.69) is 5.73 Å². The molecule has 0 aliphatic rings. The fourth-order valence-electron chi connectivity index (χ4n) is 1.07. The second-order valence-electron chi connectivity index (χ2n) is 3.72. The molecular weight excluding hydrogens is 182 g/mol. The molecule has 0 unspecified atom stereocenters. The Bertz CT molecular complexity index is 297. The topological polar surface area (TPSA) is 76.5 Å². The largest absolute Gasteiger partial charge is 0.475 e. The van der Waals surface area contributed by atoms with Crippen molar-refractivity contribution >= 4 is 5.97 Å². The first-order valence-electron chi connectivity index (χ1n) is 4.32. The molecule has 0 amide bonds. The SMILES string of the molecule is CC(C)(C)c1ccoc1C(=O)O.CN. The molecule has 0 spiro atoms. The van der Waals surface area contributed by atoms with Gasteiger partial charge in [-0.1, -0.05) is 20.8 Å². The summed E-state index contributed by atoms with van der Waals surface area (Å²) in [5.74, 6) is -0.965. The summed E-state index contributed by atoms with van der Waals surface area (Å²) in [6.45, 7) is 5.85. The van der Waals surface area contributed by atoms with E-state index < -0.39 is 5.97 Å². The van der Waals surface area contributed by atoms with Crippen LogP contribution in [0, 0.1) is 0 Å². The quantitative estimate of drug-likeness (QED) is 0.723. The van der Waals surface area contributed by atoms with E-state index in [-0.39, 0.29) is 11.2 Å². The van der Waals surface area contributed by atoms with Crippen molar-refractivity contribution in [2.45, 2.75) is 26.2 Å². The summed E-state index contributed by atoms with van der Waals surface area (Å²) in [5, 5.41) is 8.72. The summed E-state index contributed by atoms with van der Waals surface area (Å²) in [6.07, 6.45) is 1.41. The molecule has 0 saturated heterocycles. The van der Waals surface area contributed by atoms with Gasteiger partial charge in [-0.3, -0.25) is 0 Å². The molecule has 4 nitrogen and oxygen atoms in total. The zero-order chi connectivity index (χ0) is 11.4. The Balaban J connectivity index is 0.000000791. The van der Waals surface area contributed by atoms with Crippen LogP contribution in [0.1, 0.15) is 36.9 Å². The monoisotopic (exact) mass is 199 g/mol. The molecular formula is C10H17NO3. The van der Waals surface area contributed by atoms with Crippen LogP contribution in [-0.4, -0.2) is 18.1 Å². The van der Waals surface area contributed by atoms with Crippen LogP contribution in [0.5, 0.6) is 0 Å². The van der Waals surface area contributed by atoms with Crippen molar-refractivity contribution in [2.75, 3.05) is 7.05 Å². The fraction of sp³-hybridized carbons (Fsp3) is 0.500. The minimum absolute atomic E-state index is 0.0440. The van der Waals surface area contributed by atoms with Crippen molar-refractivity contribution < 1.29 is 14.3 Å². The van der Waals surface area contributed by atoms with Gasteiger partial charge in [0.15, 0.2) is 0 Å². The minimum atomic E-state index is -1.01. The molecule has 0 saturated carbocycles. The smallest absolute Gasteiger partial charge is 0.372 e. The fourth-order valence-corrected chi connectivity index (χ4v) is 1.07. The van der Waals surface area contributed by atoms with Crippen LogP contribution in [0.25, 0.3) is 0 Å². The van der Waals surface area contributed by atoms with Crippen molar-refractivity contribution in [3.8, 4) is 0 Å². The maximum absolute atomic E-state index is 10.6. The van der Waals surface area contributed by atoms with E-state index in [0.717, 1.165) is 5.56 Å². The number of carbonyl (C=O) groups is 1. The normalized spacial score (nSPS) is 10.4. The van der Waals surface area contributed by atoms with Crippen molar-refractivity contribution in [3.05, 3.63) is 23.7 Å². The molecule has 1 aromatic heterocycles. The first-order valence-corrected chi connectivity index (χ1v) is 4.32. The summed E-state index contributed by atoms with van der Waals surface area (Å²) in [7, 11) is 1.50. The predicted octanol–water partition coefficient (Wildman–Crippen LogP) is 1.85. The first kappa shape index (κ1) is 12.7. The van der Waals surface area contributed by atoms with Gasteiger partial charge in [0.1, 0.15) is 0 Å². The van der Waals surface area contributed by atoms with Gasteiger partial charge in [0.05, 0.1) is 6.26 Å². The average molecular weight is 199 g/mol. The Hall–Kier alpha value is -1.29. The number of carboxylic acid groups (broad SMARTS) is 1. The van der Waals surface area contributed by atoms with Gasteiger partial charge >= 0.3 is 5.97 Å². The van der Waals surface area contributed by atoms with Crippen LogP contribution in [0.2, 0.25) is 0 Å². The molecule has 0 fully saturated rings. The van der Waals surface area contributed by atoms with E-state index in [1.807, 2.05) is 20.8 Å². The molecule has 80 valence electrons. The Morgan fingerprint density at radius 2 is 1.93 bits per heavy atom. The first-order chi connectivity index (χ1) is 6.43. The van der Waals surface area contributed by atoms with Crippen molar-refractivity contribution in [2.24, 2.45) is 5.73 Å². The number of rotatable bonds is 1. The highest BCUT2D eigenvalue weighted by molar-refractivity contribution is 5.86. The summed E-state index contributed by atoms with van der Waals surface area (Å²) in [5.41, 5.74) is 5.05. The van der Waals surface area contributed by atoms with Gasteiger partial charge in [-0.15, -0.1) is 0 Å². The second kappa shape index (κ2) is 4.81. The lowest BCUT2D eigenvalue weighted by molar-refractivity contribution is 0.0659. The molecule has 0 aliphatic carbocycles. The predicted molar refractivity (Wildman–Crippen MR) is 54.5 cm³/mol. The summed E-state index contributed by atoms with van der Waals surface area (Å²) < 4.78 is 4.85. The maximum atomic E-state index is 10.6. The average Bonchev–Trinajstić information content (AvgIpc) is 2.54. The number of hydrogen-bond acceptors (Lipinski definition) is 3. The van der Waals surface area contributed by atoms with Gasteiger partial charge in [-0.25, -0.2) is 4.79 Å². The van der Waals surface area contributed by atoms with Crippen LogP contribution >= 0.6 is 0 Å². The second-order valence-corrected chi connectivity index (χ2v) is 3.72. The summed E-state index contributed by atoms with van der Waals surface area (Å²) >= 11 is 0. The molecule has 0 atom stereocenters. The van der Waals surface area contributed by atoms with Crippen LogP contribution in [0.3, 0.4) is 0 Å². The number of aromatic carboxylic acids is 1. The van der Waals surface area contributed by atoms with Crippen LogP contribution in [-0.2, 0) is 5.41 Å². The Morgan fingerprint density at radius 3 is 2.21 bits per heavy atom. The van der Waals surface area contributed by atoms with E-state index in [9.17, 15) is 4.79 Å². The van der Waals surface area contributed by atoms with E-state index in [1.54, 1.807) is 6.07 Å². The van der Waals surface area contributed by atoms with Gasteiger partial charge in [-0.2, -0.15) is 0 Å². The minimum Gasteiger partial charge on any atom is -0.475 e. The Labute approximate surface area is 83.7 Å². The summed E-state index contributed by atoms with van der Waals surface area (Å²) in [6, 6.07) is 1.70. The van der Waals surface area contributed by atoms with Gasteiger partial charge in [0, 0.05) is 5.56 Å². The highest BCUT2D eigenvalue weighted by Gasteiger charge is 2.23. The van der Waals surface area contributed by atoms with Gasteiger partial charge < -0.3 is 15.3 Å². The molecule has 1 rings (SSSR count). The highest BCUT2D eigenvalue weighted by Crippen LogP contribution is 2.26. The highest BCUT2D eigenvalue weighted by atomic mass is 16.4. The van der Waals surface area contributed by atoms with Crippen LogP contribution in [0.4, 0.5) is 0 Å². The van der Waals surface area contributed by atoms with Gasteiger partial charge in [-0.05, 0) is 18.5 Å².